The number of fused-ring (bicyclic) bond motifs is 1. The molecule has 2 aromatic heterocycles. The van der Waals surface area contributed by atoms with Gasteiger partial charge < -0.3 is 9.64 Å². The molecule has 0 atom stereocenters. The fraction of sp³-hybridized carbons (Fsp3) is 0.235. The molecular formula is C17H17N3O. The Bertz CT molecular complexity index is 745. The standard InChI is InChI=1S/C17H17N3O/c1-2-4-14(5-3-1)16-12-18-17-7-6-15(13-20(16)17)19-8-10-21-11-9-19/h1-7,12-13H,8-11H2. The molecule has 0 aliphatic carbocycles. The van der Waals surface area contributed by atoms with Crippen molar-refractivity contribution in [1.29, 1.82) is 0 Å². The van der Waals surface area contributed by atoms with E-state index in [-0.39, 0.29) is 0 Å². The first-order chi connectivity index (χ1) is 10.4. The predicted molar refractivity (Wildman–Crippen MR) is 83.7 cm³/mol. The van der Waals surface area contributed by atoms with Crippen LogP contribution in [0.5, 0.6) is 0 Å². The van der Waals surface area contributed by atoms with E-state index in [1.54, 1.807) is 0 Å². The van der Waals surface area contributed by atoms with E-state index in [1.165, 1.54) is 11.3 Å². The Morgan fingerprint density at radius 1 is 0.952 bits per heavy atom. The largest absolute Gasteiger partial charge is 0.378 e. The number of pyridine rings is 1. The van der Waals surface area contributed by atoms with Crippen molar-refractivity contribution in [2.24, 2.45) is 0 Å². The molecule has 4 nitrogen and oxygen atoms in total. The summed E-state index contributed by atoms with van der Waals surface area (Å²) in [6.45, 7) is 3.49. The maximum absolute atomic E-state index is 5.43. The summed E-state index contributed by atoms with van der Waals surface area (Å²) in [4.78, 5) is 6.86. The van der Waals surface area contributed by atoms with Crippen LogP contribution < -0.4 is 4.90 Å². The molecule has 106 valence electrons. The minimum atomic E-state index is 0.799. The molecule has 4 rings (SSSR count). The number of aromatic nitrogens is 2. The molecule has 21 heavy (non-hydrogen) atoms. The van der Waals surface area contributed by atoms with Gasteiger partial charge in [-0.25, -0.2) is 4.98 Å². The smallest absolute Gasteiger partial charge is 0.137 e. The second kappa shape index (κ2) is 5.22. The fourth-order valence-corrected chi connectivity index (χ4v) is 2.80. The van der Waals surface area contributed by atoms with Gasteiger partial charge in [0.15, 0.2) is 0 Å². The number of imidazole rings is 1. The second-order valence-corrected chi connectivity index (χ2v) is 5.22. The van der Waals surface area contributed by atoms with Gasteiger partial charge in [0.05, 0.1) is 30.8 Å². The number of benzene rings is 1. The van der Waals surface area contributed by atoms with Crippen molar-refractivity contribution < 1.29 is 4.74 Å². The van der Waals surface area contributed by atoms with Gasteiger partial charge in [-0.3, -0.25) is 4.40 Å². The number of morpholine rings is 1. The minimum absolute atomic E-state index is 0.799. The van der Waals surface area contributed by atoms with Crippen molar-refractivity contribution >= 4 is 11.3 Å². The minimum Gasteiger partial charge on any atom is -0.378 e. The van der Waals surface area contributed by atoms with Crippen molar-refractivity contribution in [3.63, 3.8) is 0 Å². The molecule has 4 heteroatoms. The van der Waals surface area contributed by atoms with E-state index >= 15 is 0 Å². The Kier molecular flexibility index (Phi) is 3.09. The number of hydrogen-bond donors (Lipinski definition) is 0. The molecule has 3 heterocycles. The SMILES string of the molecule is c1ccc(-c2cnc3ccc(N4CCOCC4)cn23)cc1. The van der Waals surface area contributed by atoms with Gasteiger partial charge in [0.25, 0.3) is 0 Å². The second-order valence-electron chi connectivity index (χ2n) is 5.22. The van der Waals surface area contributed by atoms with Gasteiger partial charge in [0, 0.05) is 24.8 Å². The number of nitrogens with zero attached hydrogens (tertiary/aromatic N) is 3. The zero-order valence-corrected chi connectivity index (χ0v) is 11.8. The van der Waals surface area contributed by atoms with Crippen LogP contribution in [-0.2, 0) is 4.74 Å². The van der Waals surface area contributed by atoms with Crippen LogP contribution in [0.25, 0.3) is 16.9 Å². The molecule has 0 amide bonds. The normalized spacial score (nSPS) is 15.5. The van der Waals surface area contributed by atoms with Crippen LogP contribution in [0.4, 0.5) is 5.69 Å². The highest BCUT2D eigenvalue weighted by molar-refractivity contribution is 5.65. The molecule has 1 aliphatic heterocycles. The molecule has 1 aliphatic rings. The van der Waals surface area contributed by atoms with E-state index in [2.05, 4.69) is 56.9 Å². The quantitative estimate of drug-likeness (QED) is 0.722. The van der Waals surface area contributed by atoms with Crippen LogP contribution in [0.2, 0.25) is 0 Å². The lowest BCUT2D eigenvalue weighted by molar-refractivity contribution is 0.122. The van der Waals surface area contributed by atoms with Crippen LogP contribution >= 0.6 is 0 Å². The highest BCUT2D eigenvalue weighted by Gasteiger charge is 2.13. The molecule has 1 saturated heterocycles. The lowest BCUT2D eigenvalue weighted by Crippen LogP contribution is -2.36. The first kappa shape index (κ1) is 12.4. The summed E-state index contributed by atoms with van der Waals surface area (Å²) < 4.78 is 7.59. The molecule has 3 aromatic rings. The summed E-state index contributed by atoms with van der Waals surface area (Å²) >= 11 is 0. The van der Waals surface area contributed by atoms with Crippen LogP contribution in [0.1, 0.15) is 0 Å². The van der Waals surface area contributed by atoms with E-state index in [0.29, 0.717) is 0 Å². The van der Waals surface area contributed by atoms with Gasteiger partial charge in [-0.05, 0) is 12.1 Å². The zero-order valence-electron chi connectivity index (χ0n) is 11.8. The molecule has 0 N–H and O–H groups in total. The Morgan fingerprint density at radius 3 is 2.57 bits per heavy atom. The monoisotopic (exact) mass is 279 g/mol. The average molecular weight is 279 g/mol. The summed E-state index contributed by atoms with van der Waals surface area (Å²) in [6, 6.07) is 14.6. The van der Waals surface area contributed by atoms with Gasteiger partial charge in [-0.1, -0.05) is 30.3 Å². The Morgan fingerprint density at radius 2 is 1.76 bits per heavy atom. The molecule has 0 unspecified atom stereocenters. The first-order valence-electron chi connectivity index (χ1n) is 7.27. The van der Waals surface area contributed by atoms with Crippen molar-refractivity contribution in [3.05, 3.63) is 54.9 Å². The van der Waals surface area contributed by atoms with Crippen molar-refractivity contribution in [3.8, 4) is 11.3 Å². The summed E-state index contributed by atoms with van der Waals surface area (Å²) in [5.74, 6) is 0. The summed E-state index contributed by atoms with van der Waals surface area (Å²) in [5, 5.41) is 0. The third-order valence-electron chi connectivity index (χ3n) is 3.94. The van der Waals surface area contributed by atoms with E-state index in [9.17, 15) is 0 Å². The molecule has 0 spiro atoms. The third-order valence-corrected chi connectivity index (χ3v) is 3.94. The predicted octanol–water partition coefficient (Wildman–Crippen LogP) is 2.84. The van der Waals surface area contributed by atoms with Crippen LogP contribution in [0, 0.1) is 0 Å². The van der Waals surface area contributed by atoms with Crippen molar-refractivity contribution in [2.45, 2.75) is 0 Å². The summed E-state index contributed by atoms with van der Waals surface area (Å²) in [6.07, 6.45) is 4.11. The van der Waals surface area contributed by atoms with Crippen molar-refractivity contribution in [1.82, 2.24) is 9.38 Å². The van der Waals surface area contributed by atoms with E-state index in [1.807, 2.05) is 12.3 Å². The van der Waals surface area contributed by atoms with Gasteiger partial charge in [0.1, 0.15) is 5.65 Å². The molecule has 1 fully saturated rings. The van der Waals surface area contributed by atoms with Gasteiger partial charge in [0.2, 0.25) is 0 Å². The Hall–Kier alpha value is -2.33. The van der Waals surface area contributed by atoms with Crippen molar-refractivity contribution in [2.75, 3.05) is 31.2 Å². The number of rotatable bonds is 2. The lowest BCUT2D eigenvalue weighted by Gasteiger charge is -2.28. The topological polar surface area (TPSA) is 29.8 Å². The molecule has 0 saturated carbocycles. The van der Waals surface area contributed by atoms with Crippen LogP contribution in [0.3, 0.4) is 0 Å². The van der Waals surface area contributed by atoms with E-state index in [4.69, 9.17) is 4.74 Å². The summed E-state index contributed by atoms with van der Waals surface area (Å²) in [5.41, 5.74) is 4.51. The molecular weight excluding hydrogens is 262 g/mol. The van der Waals surface area contributed by atoms with Gasteiger partial charge in [-0.15, -0.1) is 0 Å². The maximum atomic E-state index is 5.43. The summed E-state index contributed by atoms with van der Waals surface area (Å²) in [7, 11) is 0. The molecule has 1 aromatic carbocycles. The first-order valence-corrected chi connectivity index (χ1v) is 7.27. The van der Waals surface area contributed by atoms with Gasteiger partial charge >= 0.3 is 0 Å². The zero-order chi connectivity index (χ0) is 14.1. The highest BCUT2D eigenvalue weighted by Crippen LogP contribution is 2.24. The van der Waals surface area contributed by atoms with E-state index in [0.717, 1.165) is 37.6 Å². The van der Waals surface area contributed by atoms with Gasteiger partial charge in [-0.2, -0.15) is 0 Å². The van der Waals surface area contributed by atoms with E-state index < -0.39 is 0 Å². The highest BCUT2D eigenvalue weighted by atomic mass is 16.5. The maximum Gasteiger partial charge on any atom is 0.137 e. The number of ether oxygens (including phenoxy) is 1. The Balaban J connectivity index is 1.79. The van der Waals surface area contributed by atoms with Crippen LogP contribution in [-0.4, -0.2) is 35.7 Å². The lowest BCUT2D eigenvalue weighted by atomic mass is 10.2. The molecule has 0 radical (unpaired) electrons. The van der Waals surface area contributed by atoms with Crippen LogP contribution in [0.15, 0.2) is 54.9 Å². The average Bonchev–Trinajstić information content (AvgIpc) is 2.99. The Labute approximate surface area is 123 Å². The number of hydrogen-bond acceptors (Lipinski definition) is 3. The number of anilines is 1. The molecule has 0 bridgehead atoms. The third kappa shape index (κ3) is 2.28. The fourth-order valence-electron chi connectivity index (χ4n) is 2.80.